The van der Waals surface area contributed by atoms with Gasteiger partial charge in [-0.1, -0.05) is 0 Å². The van der Waals surface area contributed by atoms with E-state index in [9.17, 15) is 13.2 Å². The molecule has 0 aliphatic carbocycles. The molecule has 0 saturated heterocycles. The van der Waals surface area contributed by atoms with Crippen LogP contribution in [0.2, 0.25) is 0 Å². The van der Waals surface area contributed by atoms with E-state index < -0.39 is 12.6 Å². The number of ether oxygens (including phenoxy) is 1. The maximum absolute atomic E-state index is 11.8. The molecule has 0 rings (SSSR count). The smallest absolute Gasteiger partial charge is 0.383 e. The van der Waals surface area contributed by atoms with Crippen LogP contribution in [0.1, 0.15) is 26.2 Å². The van der Waals surface area contributed by atoms with Crippen LogP contribution in [0.25, 0.3) is 0 Å². The first-order valence-electron chi connectivity index (χ1n) is 4.75. The monoisotopic (exact) mass is 213 g/mol. The Hall–Kier alpha value is -0.290. The van der Waals surface area contributed by atoms with E-state index in [1.165, 1.54) is 0 Å². The zero-order valence-electron chi connectivity index (χ0n) is 8.66. The highest BCUT2D eigenvalue weighted by molar-refractivity contribution is 4.62. The number of nitrogens with one attached hydrogen (secondary N) is 1. The standard InChI is InChI=1S/C9H18F3NO/c1-8(13-6-7-14-2)4-3-5-9(10,11)12/h8,13H,3-7H2,1-2H3. The fourth-order valence-corrected chi connectivity index (χ4v) is 1.12. The minimum atomic E-state index is -4.02. The summed E-state index contributed by atoms with van der Waals surface area (Å²) in [6, 6.07) is 0.118. The molecule has 1 unspecified atom stereocenters. The van der Waals surface area contributed by atoms with Crippen molar-refractivity contribution in [2.24, 2.45) is 0 Å². The Bertz CT molecular complexity index is 139. The summed E-state index contributed by atoms with van der Waals surface area (Å²) in [4.78, 5) is 0. The molecule has 0 bridgehead atoms. The van der Waals surface area contributed by atoms with E-state index in [1.54, 1.807) is 7.11 Å². The molecule has 14 heavy (non-hydrogen) atoms. The first-order chi connectivity index (χ1) is 6.45. The Morgan fingerprint density at radius 3 is 2.50 bits per heavy atom. The molecule has 0 aliphatic heterocycles. The maximum atomic E-state index is 11.8. The number of rotatable bonds is 7. The second kappa shape index (κ2) is 7.06. The Morgan fingerprint density at radius 2 is 2.00 bits per heavy atom. The third kappa shape index (κ3) is 9.80. The average molecular weight is 213 g/mol. The third-order valence-electron chi connectivity index (χ3n) is 1.90. The topological polar surface area (TPSA) is 21.3 Å². The van der Waals surface area contributed by atoms with Gasteiger partial charge in [-0.25, -0.2) is 0 Å². The van der Waals surface area contributed by atoms with E-state index in [0.29, 0.717) is 19.6 Å². The van der Waals surface area contributed by atoms with Crippen LogP contribution < -0.4 is 5.32 Å². The van der Waals surface area contributed by atoms with Crippen LogP contribution in [0.4, 0.5) is 13.2 Å². The van der Waals surface area contributed by atoms with Crippen LogP contribution in [0.5, 0.6) is 0 Å². The highest BCUT2D eigenvalue weighted by Crippen LogP contribution is 2.22. The predicted octanol–water partition coefficient (Wildman–Crippen LogP) is 2.34. The molecule has 0 saturated carbocycles. The van der Waals surface area contributed by atoms with Crippen molar-refractivity contribution in [1.29, 1.82) is 0 Å². The number of methoxy groups -OCH3 is 1. The second-order valence-electron chi connectivity index (χ2n) is 3.36. The zero-order chi connectivity index (χ0) is 11.0. The first-order valence-corrected chi connectivity index (χ1v) is 4.75. The van der Waals surface area contributed by atoms with Crippen molar-refractivity contribution in [3.8, 4) is 0 Å². The summed E-state index contributed by atoms with van der Waals surface area (Å²) >= 11 is 0. The van der Waals surface area contributed by atoms with Crippen molar-refractivity contribution >= 4 is 0 Å². The number of halogens is 3. The molecular weight excluding hydrogens is 195 g/mol. The lowest BCUT2D eigenvalue weighted by atomic mass is 10.1. The molecule has 0 amide bonds. The summed E-state index contributed by atoms with van der Waals surface area (Å²) in [5.74, 6) is 0. The van der Waals surface area contributed by atoms with E-state index in [4.69, 9.17) is 4.74 Å². The molecule has 0 radical (unpaired) electrons. The Kier molecular flexibility index (Phi) is 6.92. The lowest BCUT2D eigenvalue weighted by Crippen LogP contribution is -2.29. The summed E-state index contributed by atoms with van der Waals surface area (Å²) in [7, 11) is 1.59. The Balaban J connectivity index is 3.31. The van der Waals surface area contributed by atoms with Gasteiger partial charge in [0, 0.05) is 26.1 Å². The lowest BCUT2D eigenvalue weighted by Gasteiger charge is -2.13. The van der Waals surface area contributed by atoms with Gasteiger partial charge in [0.15, 0.2) is 0 Å². The van der Waals surface area contributed by atoms with Crippen LogP contribution in [0.15, 0.2) is 0 Å². The molecule has 0 heterocycles. The van der Waals surface area contributed by atoms with Crippen LogP contribution in [-0.2, 0) is 4.74 Å². The van der Waals surface area contributed by atoms with E-state index >= 15 is 0 Å². The molecule has 0 spiro atoms. The summed E-state index contributed by atoms with van der Waals surface area (Å²) in [5, 5.41) is 3.08. The second-order valence-corrected chi connectivity index (χ2v) is 3.36. The van der Waals surface area contributed by atoms with Crippen molar-refractivity contribution in [2.45, 2.75) is 38.4 Å². The quantitative estimate of drug-likeness (QED) is 0.655. The Morgan fingerprint density at radius 1 is 1.36 bits per heavy atom. The number of hydrogen-bond donors (Lipinski definition) is 1. The van der Waals surface area contributed by atoms with Gasteiger partial charge in [0.25, 0.3) is 0 Å². The van der Waals surface area contributed by atoms with Gasteiger partial charge in [-0.2, -0.15) is 13.2 Å². The van der Waals surface area contributed by atoms with Gasteiger partial charge in [-0.3, -0.25) is 0 Å². The minimum Gasteiger partial charge on any atom is -0.383 e. The molecule has 1 N–H and O–H groups in total. The summed E-state index contributed by atoms with van der Waals surface area (Å²) in [5.41, 5.74) is 0. The van der Waals surface area contributed by atoms with Gasteiger partial charge < -0.3 is 10.1 Å². The highest BCUT2D eigenvalue weighted by Gasteiger charge is 2.26. The van der Waals surface area contributed by atoms with Crippen molar-refractivity contribution in [1.82, 2.24) is 5.32 Å². The van der Waals surface area contributed by atoms with Crippen LogP contribution in [0, 0.1) is 0 Å². The normalized spacial score (nSPS) is 14.4. The van der Waals surface area contributed by atoms with Crippen molar-refractivity contribution in [3.05, 3.63) is 0 Å². The average Bonchev–Trinajstić information content (AvgIpc) is 2.02. The molecule has 0 aromatic heterocycles. The van der Waals surface area contributed by atoms with Gasteiger partial charge in [0.05, 0.1) is 6.61 Å². The van der Waals surface area contributed by atoms with E-state index in [0.717, 1.165) is 0 Å². The number of hydrogen-bond acceptors (Lipinski definition) is 2. The van der Waals surface area contributed by atoms with Gasteiger partial charge in [-0.05, 0) is 19.8 Å². The molecule has 0 aromatic rings. The third-order valence-corrected chi connectivity index (χ3v) is 1.90. The van der Waals surface area contributed by atoms with Crippen molar-refractivity contribution in [3.63, 3.8) is 0 Å². The summed E-state index contributed by atoms with van der Waals surface area (Å²) < 4.78 is 40.1. The fraction of sp³-hybridized carbons (Fsp3) is 1.00. The minimum absolute atomic E-state index is 0.118. The fourth-order valence-electron chi connectivity index (χ4n) is 1.12. The summed E-state index contributed by atoms with van der Waals surface area (Å²) in [6.07, 6.45) is -3.98. The van der Waals surface area contributed by atoms with Crippen molar-refractivity contribution in [2.75, 3.05) is 20.3 Å². The van der Waals surface area contributed by atoms with Gasteiger partial charge in [0.1, 0.15) is 0 Å². The van der Waals surface area contributed by atoms with Crippen LogP contribution >= 0.6 is 0 Å². The molecule has 5 heteroatoms. The first kappa shape index (κ1) is 13.7. The molecule has 1 atom stereocenters. The van der Waals surface area contributed by atoms with Gasteiger partial charge >= 0.3 is 6.18 Å². The summed E-state index contributed by atoms with van der Waals surface area (Å²) in [6.45, 7) is 3.15. The molecule has 86 valence electrons. The molecule has 0 fully saturated rings. The maximum Gasteiger partial charge on any atom is 0.389 e. The van der Waals surface area contributed by atoms with Crippen molar-refractivity contribution < 1.29 is 17.9 Å². The predicted molar refractivity (Wildman–Crippen MR) is 49.2 cm³/mol. The van der Waals surface area contributed by atoms with Crippen LogP contribution in [-0.4, -0.2) is 32.5 Å². The molecule has 2 nitrogen and oxygen atoms in total. The van der Waals surface area contributed by atoms with Crippen LogP contribution in [0.3, 0.4) is 0 Å². The molecule has 0 aliphatic rings. The number of alkyl halides is 3. The zero-order valence-corrected chi connectivity index (χ0v) is 8.66. The van der Waals surface area contributed by atoms with Gasteiger partial charge in [-0.15, -0.1) is 0 Å². The SMILES string of the molecule is COCCNC(C)CCCC(F)(F)F. The van der Waals surface area contributed by atoms with E-state index in [2.05, 4.69) is 5.32 Å². The van der Waals surface area contributed by atoms with E-state index in [1.807, 2.05) is 6.92 Å². The molecule has 0 aromatic carbocycles. The molecular formula is C9H18F3NO. The lowest BCUT2D eigenvalue weighted by molar-refractivity contribution is -0.135. The Labute approximate surface area is 82.8 Å². The van der Waals surface area contributed by atoms with E-state index in [-0.39, 0.29) is 12.5 Å². The van der Waals surface area contributed by atoms with Gasteiger partial charge in [0.2, 0.25) is 0 Å². The largest absolute Gasteiger partial charge is 0.389 e. The highest BCUT2D eigenvalue weighted by atomic mass is 19.4.